The summed E-state index contributed by atoms with van der Waals surface area (Å²) < 4.78 is 13.4. The van der Waals surface area contributed by atoms with Crippen LogP contribution in [0, 0.1) is 0 Å². The van der Waals surface area contributed by atoms with E-state index in [1.54, 1.807) is 0 Å². The van der Waals surface area contributed by atoms with E-state index < -0.39 is 13.7 Å². The van der Waals surface area contributed by atoms with Gasteiger partial charge in [0.25, 0.3) is 0 Å². The van der Waals surface area contributed by atoms with Crippen LogP contribution < -0.4 is 5.32 Å². The van der Waals surface area contributed by atoms with Gasteiger partial charge in [-0.1, -0.05) is 19.6 Å². The average Bonchev–Trinajstić information content (AvgIpc) is 2.97. The molecule has 1 unspecified atom stereocenters. The van der Waals surface area contributed by atoms with Crippen molar-refractivity contribution in [3.05, 3.63) is 18.5 Å². The minimum absolute atomic E-state index is 0.220. The molecule has 2 heterocycles. The number of hydrogen-bond donors (Lipinski definition) is 1. The van der Waals surface area contributed by atoms with Gasteiger partial charge in [-0.25, -0.2) is 4.79 Å². The van der Waals surface area contributed by atoms with E-state index in [4.69, 9.17) is 9.47 Å². The quantitative estimate of drug-likeness (QED) is 0.541. The number of hydrogen-bond acceptors (Lipinski definition) is 4. The number of carbonyl (C=O) groups excluding carboxylic acids is 1. The summed E-state index contributed by atoms with van der Waals surface area (Å²) in [6.45, 7) is 15.6. The number of ether oxygens (including phenoxy) is 2. The van der Waals surface area contributed by atoms with Crippen LogP contribution in [0.25, 0.3) is 0 Å². The molecule has 1 aliphatic heterocycles. The molecule has 1 N–H and O–H groups in total. The molecule has 2 rings (SSSR count). The number of carbonyl (C=O) groups is 1. The highest BCUT2D eigenvalue weighted by Gasteiger charge is 2.27. The van der Waals surface area contributed by atoms with Gasteiger partial charge in [0, 0.05) is 46.2 Å². The van der Waals surface area contributed by atoms with Gasteiger partial charge >= 0.3 is 6.09 Å². The van der Waals surface area contributed by atoms with Crippen molar-refractivity contribution in [2.45, 2.75) is 77.7 Å². The van der Waals surface area contributed by atoms with Crippen molar-refractivity contribution in [2.75, 3.05) is 25.0 Å². The standard InChI is InChI=1S/C20H37N3O3Si/c1-20(2,3)26-19(24)23-10-7-8-17(15-23)21-18-9-11-22(14-18)16-25-12-13-27(4,5)6/h9,11,14,17,21H,7-8,10,12-13,15-16H2,1-6H3. The molecular weight excluding hydrogens is 358 g/mol. The van der Waals surface area contributed by atoms with Crippen molar-refractivity contribution >= 4 is 19.9 Å². The summed E-state index contributed by atoms with van der Waals surface area (Å²) >= 11 is 0. The third kappa shape index (κ3) is 8.39. The van der Waals surface area contributed by atoms with E-state index in [0.717, 1.165) is 31.7 Å². The van der Waals surface area contributed by atoms with Crippen LogP contribution in [0.15, 0.2) is 18.5 Å². The Morgan fingerprint density at radius 1 is 1.33 bits per heavy atom. The maximum absolute atomic E-state index is 12.3. The zero-order chi connectivity index (χ0) is 20.1. The first-order valence-electron chi connectivity index (χ1n) is 10.00. The summed E-state index contributed by atoms with van der Waals surface area (Å²) in [5, 5.41) is 3.54. The third-order valence-electron chi connectivity index (χ3n) is 4.43. The van der Waals surface area contributed by atoms with Gasteiger partial charge in [-0.15, -0.1) is 0 Å². The maximum atomic E-state index is 12.3. The maximum Gasteiger partial charge on any atom is 0.410 e. The molecule has 1 aromatic heterocycles. The van der Waals surface area contributed by atoms with E-state index in [-0.39, 0.29) is 12.1 Å². The molecule has 6 nitrogen and oxygen atoms in total. The Kier molecular flexibility index (Phi) is 7.39. The van der Waals surface area contributed by atoms with Crippen LogP contribution in [-0.4, -0.2) is 55.0 Å². The fourth-order valence-corrected chi connectivity index (χ4v) is 3.73. The van der Waals surface area contributed by atoms with Crippen LogP contribution in [0.3, 0.4) is 0 Å². The van der Waals surface area contributed by atoms with E-state index in [2.05, 4.69) is 41.8 Å². The normalized spacial score (nSPS) is 18.4. The van der Waals surface area contributed by atoms with Gasteiger partial charge < -0.3 is 24.3 Å². The molecule has 1 aliphatic rings. The molecule has 0 bridgehead atoms. The van der Waals surface area contributed by atoms with Gasteiger partial charge in [-0.2, -0.15) is 0 Å². The van der Waals surface area contributed by atoms with Crippen LogP contribution in [0.5, 0.6) is 0 Å². The summed E-state index contributed by atoms with van der Waals surface area (Å²) in [5.41, 5.74) is 0.615. The topological polar surface area (TPSA) is 55.7 Å². The number of anilines is 1. The number of nitrogens with one attached hydrogen (secondary N) is 1. The first kappa shape index (κ1) is 21.8. The number of amides is 1. The molecule has 1 amide bonds. The zero-order valence-electron chi connectivity index (χ0n) is 17.9. The first-order valence-corrected chi connectivity index (χ1v) is 13.7. The van der Waals surface area contributed by atoms with Crippen LogP contribution in [0.1, 0.15) is 33.6 Å². The molecule has 0 aromatic carbocycles. The SMILES string of the molecule is CC(C)(C)OC(=O)N1CCCC(Nc2ccn(COCC[Si](C)(C)C)c2)C1. The smallest absolute Gasteiger partial charge is 0.410 e. The fraction of sp³-hybridized carbons (Fsp3) is 0.750. The number of piperidine rings is 1. The molecule has 27 heavy (non-hydrogen) atoms. The van der Waals surface area contributed by atoms with Gasteiger partial charge in [0.1, 0.15) is 12.3 Å². The third-order valence-corrected chi connectivity index (χ3v) is 6.14. The van der Waals surface area contributed by atoms with Gasteiger partial charge in [0.2, 0.25) is 0 Å². The number of rotatable bonds is 7. The number of likely N-dealkylation sites (tertiary alicyclic amines) is 1. The van der Waals surface area contributed by atoms with Gasteiger partial charge in [0.15, 0.2) is 0 Å². The highest BCUT2D eigenvalue weighted by atomic mass is 28.3. The molecule has 1 atom stereocenters. The van der Waals surface area contributed by atoms with Crippen molar-refractivity contribution in [1.82, 2.24) is 9.47 Å². The average molecular weight is 396 g/mol. The summed E-state index contributed by atoms with van der Waals surface area (Å²) in [5.74, 6) is 0. The molecule has 154 valence electrons. The fourth-order valence-electron chi connectivity index (χ4n) is 2.98. The van der Waals surface area contributed by atoms with Gasteiger partial charge in [-0.05, 0) is 45.7 Å². The monoisotopic (exact) mass is 395 g/mol. The lowest BCUT2D eigenvalue weighted by Crippen LogP contribution is -2.46. The molecule has 0 aliphatic carbocycles. The van der Waals surface area contributed by atoms with Crippen molar-refractivity contribution in [1.29, 1.82) is 0 Å². The van der Waals surface area contributed by atoms with E-state index in [1.807, 2.05) is 31.9 Å². The highest BCUT2D eigenvalue weighted by Crippen LogP contribution is 2.19. The van der Waals surface area contributed by atoms with Crippen molar-refractivity contribution in [3.8, 4) is 0 Å². The Morgan fingerprint density at radius 3 is 2.74 bits per heavy atom. The lowest BCUT2D eigenvalue weighted by molar-refractivity contribution is 0.0206. The molecule has 1 aromatic rings. The number of nitrogens with zero attached hydrogens (tertiary/aromatic N) is 2. The van der Waals surface area contributed by atoms with E-state index in [0.29, 0.717) is 13.3 Å². The van der Waals surface area contributed by atoms with Gasteiger partial charge in [0.05, 0.1) is 5.69 Å². The molecule has 1 fully saturated rings. The Balaban J connectivity index is 1.78. The Hall–Kier alpha value is -1.47. The summed E-state index contributed by atoms with van der Waals surface area (Å²) in [6.07, 6.45) is 5.92. The largest absolute Gasteiger partial charge is 0.444 e. The van der Waals surface area contributed by atoms with Crippen molar-refractivity contribution < 1.29 is 14.3 Å². The molecule has 0 spiro atoms. The van der Waals surface area contributed by atoms with Crippen molar-refractivity contribution in [3.63, 3.8) is 0 Å². The van der Waals surface area contributed by atoms with E-state index >= 15 is 0 Å². The second-order valence-electron chi connectivity index (χ2n) is 9.67. The Morgan fingerprint density at radius 2 is 2.07 bits per heavy atom. The lowest BCUT2D eigenvalue weighted by Gasteiger charge is -2.34. The zero-order valence-corrected chi connectivity index (χ0v) is 18.9. The van der Waals surface area contributed by atoms with Gasteiger partial charge in [-0.3, -0.25) is 0 Å². The first-order chi connectivity index (χ1) is 12.5. The predicted molar refractivity (Wildman–Crippen MR) is 113 cm³/mol. The lowest BCUT2D eigenvalue weighted by atomic mass is 10.1. The van der Waals surface area contributed by atoms with E-state index in [9.17, 15) is 4.79 Å². The predicted octanol–water partition coefficient (Wildman–Crippen LogP) is 4.61. The van der Waals surface area contributed by atoms with Crippen molar-refractivity contribution in [2.24, 2.45) is 0 Å². The molecule has 0 saturated carbocycles. The van der Waals surface area contributed by atoms with Crippen LogP contribution in [0.2, 0.25) is 25.7 Å². The van der Waals surface area contributed by atoms with E-state index in [1.165, 1.54) is 6.04 Å². The molecular formula is C20H37N3O3Si. The van der Waals surface area contributed by atoms with Crippen LogP contribution in [-0.2, 0) is 16.2 Å². The second kappa shape index (κ2) is 9.15. The summed E-state index contributed by atoms with van der Waals surface area (Å²) in [6, 6.07) is 3.49. The highest BCUT2D eigenvalue weighted by molar-refractivity contribution is 6.76. The minimum atomic E-state index is -1.04. The van der Waals surface area contributed by atoms with Crippen LogP contribution in [0.4, 0.5) is 10.5 Å². The number of aromatic nitrogens is 1. The summed E-state index contributed by atoms with van der Waals surface area (Å²) in [7, 11) is -1.04. The molecule has 1 saturated heterocycles. The minimum Gasteiger partial charge on any atom is -0.444 e. The molecule has 0 radical (unpaired) electrons. The van der Waals surface area contributed by atoms with Crippen LogP contribution >= 0.6 is 0 Å². The second-order valence-corrected chi connectivity index (χ2v) is 15.3. The molecule has 7 heteroatoms. The Labute approximate surface area is 165 Å². The Bertz CT molecular complexity index is 604. The summed E-state index contributed by atoms with van der Waals surface area (Å²) in [4.78, 5) is 14.1.